The average molecular weight is 394 g/mol. The Kier molecular flexibility index (Phi) is 6.26. The number of benzene rings is 1. The molecular weight excluding hydrogens is 368 g/mol. The van der Waals surface area contributed by atoms with Gasteiger partial charge in [0.1, 0.15) is 0 Å². The Hall–Kier alpha value is -3.22. The zero-order valence-corrected chi connectivity index (χ0v) is 16.7. The van der Waals surface area contributed by atoms with Crippen LogP contribution in [0.25, 0.3) is 0 Å². The third-order valence-corrected chi connectivity index (χ3v) is 5.29. The van der Waals surface area contributed by atoms with Crippen molar-refractivity contribution in [1.29, 1.82) is 0 Å². The van der Waals surface area contributed by atoms with E-state index >= 15 is 0 Å². The van der Waals surface area contributed by atoms with Crippen molar-refractivity contribution in [3.05, 3.63) is 59.4 Å². The second kappa shape index (κ2) is 8.86. The van der Waals surface area contributed by atoms with Gasteiger partial charge in [0.2, 0.25) is 0 Å². The molecule has 3 amide bonds. The van der Waals surface area contributed by atoms with Crippen molar-refractivity contribution in [2.75, 3.05) is 11.9 Å². The molecule has 152 valence electrons. The molecule has 1 aromatic heterocycles. The van der Waals surface area contributed by atoms with Gasteiger partial charge in [-0.15, -0.1) is 0 Å². The molecule has 0 saturated carbocycles. The molecule has 1 fully saturated rings. The smallest absolute Gasteiger partial charge is 0.313 e. The lowest BCUT2D eigenvalue weighted by Crippen LogP contribution is -2.46. The van der Waals surface area contributed by atoms with Crippen LogP contribution < -0.4 is 11.1 Å². The van der Waals surface area contributed by atoms with Gasteiger partial charge >= 0.3 is 11.8 Å². The third-order valence-electron chi connectivity index (χ3n) is 5.29. The number of aromatic nitrogens is 1. The summed E-state index contributed by atoms with van der Waals surface area (Å²) in [4.78, 5) is 43.1. The largest absolute Gasteiger partial charge is 0.366 e. The number of pyridine rings is 1. The number of nitrogens with one attached hydrogen (secondary N) is 1. The molecule has 2 aromatic rings. The molecule has 7 nitrogen and oxygen atoms in total. The van der Waals surface area contributed by atoms with Crippen LogP contribution in [0.15, 0.2) is 42.6 Å². The Morgan fingerprint density at radius 1 is 1.21 bits per heavy atom. The van der Waals surface area contributed by atoms with Crippen molar-refractivity contribution in [2.45, 2.75) is 39.2 Å². The SMILES string of the molecule is CCc1ncc(NC(=O)C(=O)N2C[C@H](C)CC[C@H]2c2ccccc2)cc1C(N)=O. The molecule has 29 heavy (non-hydrogen) atoms. The number of amides is 3. The van der Waals surface area contributed by atoms with Crippen LogP contribution in [-0.2, 0) is 16.0 Å². The number of carbonyl (C=O) groups is 3. The maximum Gasteiger partial charge on any atom is 0.313 e. The first-order chi connectivity index (χ1) is 13.9. The van der Waals surface area contributed by atoms with E-state index in [2.05, 4.69) is 17.2 Å². The van der Waals surface area contributed by atoms with Crippen molar-refractivity contribution in [2.24, 2.45) is 11.7 Å². The number of piperidine rings is 1. The van der Waals surface area contributed by atoms with Crippen molar-refractivity contribution in [3.8, 4) is 0 Å². The van der Waals surface area contributed by atoms with E-state index in [9.17, 15) is 14.4 Å². The summed E-state index contributed by atoms with van der Waals surface area (Å²) >= 11 is 0. The molecule has 0 bridgehead atoms. The minimum Gasteiger partial charge on any atom is -0.366 e. The fraction of sp³-hybridized carbons (Fsp3) is 0.364. The lowest BCUT2D eigenvalue weighted by atomic mass is 9.90. The van der Waals surface area contributed by atoms with Crippen LogP contribution >= 0.6 is 0 Å². The second-order valence-electron chi connectivity index (χ2n) is 7.46. The van der Waals surface area contributed by atoms with Gasteiger partial charge in [-0.3, -0.25) is 19.4 Å². The molecule has 3 N–H and O–H groups in total. The number of primary amides is 1. The van der Waals surface area contributed by atoms with E-state index < -0.39 is 17.7 Å². The van der Waals surface area contributed by atoms with Crippen LogP contribution in [0.2, 0.25) is 0 Å². The molecule has 0 aliphatic carbocycles. The summed E-state index contributed by atoms with van der Waals surface area (Å²) < 4.78 is 0. The summed E-state index contributed by atoms with van der Waals surface area (Å²) in [6.45, 7) is 4.45. The summed E-state index contributed by atoms with van der Waals surface area (Å²) in [6, 6.07) is 11.1. The Bertz CT molecular complexity index is 914. The number of nitrogens with zero attached hydrogens (tertiary/aromatic N) is 2. The van der Waals surface area contributed by atoms with Gasteiger partial charge in [0, 0.05) is 6.54 Å². The normalized spacial score (nSPS) is 18.9. The van der Waals surface area contributed by atoms with Crippen molar-refractivity contribution in [3.63, 3.8) is 0 Å². The van der Waals surface area contributed by atoms with Gasteiger partial charge in [0.15, 0.2) is 0 Å². The summed E-state index contributed by atoms with van der Waals surface area (Å²) in [5.74, 6) is -1.64. The number of anilines is 1. The fourth-order valence-electron chi connectivity index (χ4n) is 3.77. The van der Waals surface area contributed by atoms with Crippen LogP contribution in [0.1, 0.15) is 54.3 Å². The molecule has 1 saturated heterocycles. The predicted octanol–water partition coefficient (Wildman–Crippen LogP) is 2.68. The molecule has 7 heteroatoms. The first-order valence-electron chi connectivity index (χ1n) is 9.86. The number of rotatable bonds is 4. The summed E-state index contributed by atoms with van der Waals surface area (Å²) in [5, 5.41) is 2.57. The monoisotopic (exact) mass is 394 g/mol. The Balaban J connectivity index is 1.80. The van der Waals surface area contributed by atoms with Crippen LogP contribution in [0.4, 0.5) is 5.69 Å². The van der Waals surface area contributed by atoms with E-state index in [0.717, 1.165) is 18.4 Å². The number of carbonyl (C=O) groups excluding carboxylic acids is 3. The minimum atomic E-state index is -0.749. The maximum absolute atomic E-state index is 13.0. The molecule has 1 aliphatic heterocycles. The number of hydrogen-bond donors (Lipinski definition) is 2. The van der Waals surface area contributed by atoms with Gasteiger partial charge < -0.3 is 16.0 Å². The molecule has 2 atom stereocenters. The van der Waals surface area contributed by atoms with E-state index in [4.69, 9.17) is 5.73 Å². The quantitative estimate of drug-likeness (QED) is 0.778. The zero-order valence-electron chi connectivity index (χ0n) is 16.7. The average Bonchev–Trinajstić information content (AvgIpc) is 2.73. The molecule has 3 rings (SSSR count). The highest BCUT2D eigenvalue weighted by Gasteiger charge is 2.34. The van der Waals surface area contributed by atoms with Crippen LogP contribution in [0.5, 0.6) is 0 Å². The van der Waals surface area contributed by atoms with Crippen LogP contribution in [-0.4, -0.2) is 34.2 Å². The van der Waals surface area contributed by atoms with Gasteiger partial charge in [0.05, 0.1) is 29.2 Å². The van der Waals surface area contributed by atoms with E-state index in [0.29, 0.717) is 24.6 Å². The standard InChI is InChI=1S/C22H26N4O3/c1-3-18-17(20(23)27)11-16(12-24-18)25-21(28)22(29)26-13-14(2)9-10-19(26)15-7-5-4-6-8-15/h4-8,11-12,14,19H,3,9-10,13H2,1-2H3,(H2,23,27)(H,25,28)/t14-,19+/m1/s1. The Labute approximate surface area is 170 Å². The van der Waals surface area contributed by atoms with Gasteiger partial charge in [-0.25, -0.2) is 0 Å². The van der Waals surface area contributed by atoms with E-state index in [-0.39, 0.29) is 17.3 Å². The van der Waals surface area contributed by atoms with Crippen molar-refractivity contribution in [1.82, 2.24) is 9.88 Å². The van der Waals surface area contributed by atoms with Gasteiger partial charge in [0.25, 0.3) is 5.91 Å². The molecule has 2 heterocycles. The molecule has 0 spiro atoms. The summed E-state index contributed by atoms with van der Waals surface area (Å²) in [7, 11) is 0. The van der Waals surface area contributed by atoms with Gasteiger partial charge in [-0.1, -0.05) is 44.2 Å². The van der Waals surface area contributed by atoms with Crippen LogP contribution in [0.3, 0.4) is 0 Å². The highest BCUT2D eigenvalue weighted by molar-refractivity contribution is 6.39. The maximum atomic E-state index is 13.0. The summed E-state index contributed by atoms with van der Waals surface area (Å²) in [6.07, 6.45) is 3.78. The number of aryl methyl sites for hydroxylation is 1. The zero-order chi connectivity index (χ0) is 21.0. The van der Waals surface area contributed by atoms with E-state index in [1.165, 1.54) is 12.3 Å². The summed E-state index contributed by atoms with van der Waals surface area (Å²) in [5.41, 5.74) is 7.48. The van der Waals surface area contributed by atoms with Crippen molar-refractivity contribution >= 4 is 23.4 Å². The lowest BCUT2D eigenvalue weighted by molar-refractivity contribution is -0.146. The topological polar surface area (TPSA) is 105 Å². The van der Waals surface area contributed by atoms with E-state index in [1.54, 1.807) is 4.90 Å². The second-order valence-corrected chi connectivity index (χ2v) is 7.46. The number of nitrogens with two attached hydrogens (primary N) is 1. The highest BCUT2D eigenvalue weighted by atomic mass is 16.2. The van der Waals surface area contributed by atoms with Crippen molar-refractivity contribution < 1.29 is 14.4 Å². The number of hydrogen-bond acceptors (Lipinski definition) is 4. The van der Waals surface area contributed by atoms with Gasteiger partial charge in [-0.05, 0) is 36.8 Å². The predicted molar refractivity (Wildman–Crippen MR) is 110 cm³/mol. The molecular formula is C22H26N4O3. The Morgan fingerprint density at radius 3 is 2.59 bits per heavy atom. The first kappa shape index (κ1) is 20.5. The molecule has 1 aromatic carbocycles. The minimum absolute atomic E-state index is 0.132. The molecule has 0 radical (unpaired) electrons. The fourth-order valence-corrected chi connectivity index (χ4v) is 3.77. The highest BCUT2D eigenvalue weighted by Crippen LogP contribution is 2.33. The van der Waals surface area contributed by atoms with Crippen LogP contribution in [0, 0.1) is 5.92 Å². The molecule has 1 aliphatic rings. The lowest BCUT2D eigenvalue weighted by Gasteiger charge is -2.38. The van der Waals surface area contributed by atoms with Gasteiger partial charge in [-0.2, -0.15) is 0 Å². The Morgan fingerprint density at radius 2 is 1.93 bits per heavy atom. The van der Waals surface area contributed by atoms with E-state index in [1.807, 2.05) is 37.3 Å². The third kappa shape index (κ3) is 4.62. The first-order valence-corrected chi connectivity index (χ1v) is 9.86. The number of likely N-dealkylation sites (tertiary alicyclic amines) is 1. The molecule has 0 unspecified atom stereocenters.